The van der Waals surface area contributed by atoms with Gasteiger partial charge in [-0.2, -0.15) is 4.31 Å². The van der Waals surface area contributed by atoms with Crippen molar-refractivity contribution in [2.75, 3.05) is 39.3 Å². The molecule has 30 heavy (non-hydrogen) atoms. The lowest BCUT2D eigenvalue weighted by molar-refractivity contribution is 0.00611. The third-order valence-corrected chi connectivity index (χ3v) is 8.85. The molecule has 0 amide bonds. The van der Waals surface area contributed by atoms with E-state index in [4.69, 9.17) is 4.74 Å². The SMILES string of the molecule is Cc1cc(C)c(C)c(S(=O)(=O)N2CCN(CC(O)COCc3cccs3)CC2)c1C. The average Bonchev–Trinajstić information content (AvgIpc) is 3.20. The quantitative estimate of drug-likeness (QED) is 0.667. The van der Waals surface area contributed by atoms with Gasteiger partial charge in [-0.15, -0.1) is 11.3 Å². The fourth-order valence-corrected chi connectivity index (χ4v) is 6.53. The Kier molecular flexibility index (Phi) is 7.71. The van der Waals surface area contributed by atoms with Gasteiger partial charge in [0.05, 0.1) is 24.2 Å². The average molecular weight is 453 g/mol. The van der Waals surface area contributed by atoms with Crippen LogP contribution in [-0.2, 0) is 21.4 Å². The number of hydrogen-bond donors (Lipinski definition) is 1. The maximum atomic E-state index is 13.4. The van der Waals surface area contributed by atoms with Gasteiger partial charge < -0.3 is 9.84 Å². The minimum Gasteiger partial charge on any atom is -0.389 e. The molecule has 0 aliphatic carbocycles. The summed E-state index contributed by atoms with van der Waals surface area (Å²) in [6.45, 7) is 11.0. The molecule has 1 aromatic heterocycles. The van der Waals surface area contributed by atoms with Crippen LogP contribution in [0, 0.1) is 27.7 Å². The second-order valence-electron chi connectivity index (χ2n) is 8.04. The molecule has 2 heterocycles. The smallest absolute Gasteiger partial charge is 0.243 e. The van der Waals surface area contributed by atoms with Crippen LogP contribution in [0.2, 0.25) is 0 Å². The van der Waals surface area contributed by atoms with Crippen LogP contribution in [0.25, 0.3) is 0 Å². The first-order valence-corrected chi connectivity index (χ1v) is 12.6. The maximum absolute atomic E-state index is 13.4. The summed E-state index contributed by atoms with van der Waals surface area (Å²) in [6, 6.07) is 6.04. The van der Waals surface area contributed by atoms with Crippen LogP contribution in [0.1, 0.15) is 27.1 Å². The highest BCUT2D eigenvalue weighted by Gasteiger charge is 2.32. The second kappa shape index (κ2) is 9.89. The van der Waals surface area contributed by atoms with Crippen molar-refractivity contribution in [2.45, 2.75) is 45.3 Å². The molecule has 1 aromatic carbocycles. The number of rotatable bonds is 8. The third kappa shape index (κ3) is 5.30. The van der Waals surface area contributed by atoms with Crippen LogP contribution >= 0.6 is 11.3 Å². The lowest BCUT2D eigenvalue weighted by Crippen LogP contribution is -2.50. The van der Waals surface area contributed by atoms with Crippen LogP contribution < -0.4 is 0 Å². The number of nitrogens with zero attached hydrogens (tertiary/aromatic N) is 2. The predicted molar refractivity (Wildman–Crippen MR) is 121 cm³/mol. The first kappa shape index (κ1) is 23.4. The number of hydrogen-bond acceptors (Lipinski definition) is 6. The highest BCUT2D eigenvalue weighted by atomic mass is 32.2. The van der Waals surface area contributed by atoms with Crippen LogP contribution in [0.5, 0.6) is 0 Å². The number of aryl methyl sites for hydroxylation is 2. The predicted octanol–water partition coefficient (Wildman–Crippen LogP) is 2.87. The molecule has 1 atom stereocenters. The Morgan fingerprint density at radius 3 is 2.30 bits per heavy atom. The summed E-state index contributed by atoms with van der Waals surface area (Å²) in [6.07, 6.45) is -0.586. The van der Waals surface area contributed by atoms with E-state index in [2.05, 4.69) is 4.90 Å². The molecule has 1 aliphatic rings. The molecule has 2 aromatic rings. The van der Waals surface area contributed by atoms with Crippen molar-refractivity contribution in [3.8, 4) is 0 Å². The zero-order valence-electron chi connectivity index (χ0n) is 18.2. The standard InChI is InChI=1S/C22H32N2O4S2/c1-16-12-17(2)19(4)22(18(16)3)30(26,27)24-9-7-23(8-10-24)13-20(25)14-28-15-21-6-5-11-29-21/h5-6,11-12,20,25H,7-10,13-15H2,1-4H3. The molecule has 6 nitrogen and oxygen atoms in total. The Morgan fingerprint density at radius 1 is 1.10 bits per heavy atom. The van der Waals surface area contributed by atoms with Crippen molar-refractivity contribution in [3.63, 3.8) is 0 Å². The van der Waals surface area contributed by atoms with E-state index < -0.39 is 16.1 Å². The van der Waals surface area contributed by atoms with Crippen molar-refractivity contribution < 1.29 is 18.3 Å². The molecule has 1 fully saturated rings. The van der Waals surface area contributed by atoms with E-state index in [1.54, 1.807) is 15.6 Å². The first-order valence-electron chi connectivity index (χ1n) is 10.3. The maximum Gasteiger partial charge on any atom is 0.243 e. The molecule has 3 rings (SSSR count). The van der Waals surface area contributed by atoms with E-state index in [1.165, 1.54) is 0 Å². The molecule has 166 valence electrons. The minimum absolute atomic E-state index is 0.275. The van der Waals surface area contributed by atoms with E-state index in [0.29, 0.717) is 44.2 Å². The van der Waals surface area contributed by atoms with Crippen molar-refractivity contribution in [2.24, 2.45) is 0 Å². The van der Waals surface area contributed by atoms with Crippen LogP contribution in [0.3, 0.4) is 0 Å². The molecule has 8 heteroatoms. The Morgan fingerprint density at radius 2 is 1.73 bits per heavy atom. The number of thiophene rings is 1. The Hall–Kier alpha value is -1.29. The Labute approximate surface area is 184 Å². The third-order valence-electron chi connectivity index (χ3n) is 5.83. The normalized spacial score (nSPS) is 17.4. The molecule has 1 unspecified atom stereocenters. The van der Waals surface area contributed by atoms with Crippen LogP contribution in [0.15, 0.2) is 28.5 Å². The van der Waals surface area contributed by atoms with E-state index in [1.807, 2.05) is 51.3 Å². The van der Waals surface area contributed by atoms with Gasteiger partial charge in [-0.1, -0.05) is 12.1 Å². The highest BCUT2D eigenvalue weighted by molar-refractivity contribution is 7.89. The lowest BCUT2D eigenvalue weighted by Gasteiger charge is -2.35. The summed E-state index contributed by atoms with van der Waals surface area (Å²) in [7, 11) is -3.54. The summed E-state index contributed by atoms with van der Waals surface area (Å²) in [4.78, 5) is 3.69. The number of β-amino-alcohol motifs (C(OH)–C–C–N with tert-alkyl or cyclic N) is 1. The first-order chi connectivity index (χ1) is 14.2. The van der Waals surface area contributed by atoms with Crippen molar-refractivity contribution in [1.29, 1.82) is 0 Å². The van der Waals surface area contributed by atoms with Crippen molar-refractivity contribution in [1.82, 2.24) is 9.21 Å². The van der Waals surface area contributed by atoms with Gasteiger partial charge in [-0.3, -0.25) is 4.90 Å². The van der Waals surface area contributed by atoms with Gasteiger partial charge in [0, 0.05) is 37.6 Å². The summed E-state index contributed by atoms with van der Waals surface area (Å²) >= 11 is 1.64. The van der Waals surface area contributed by atoms with E-state index in [0.717, 1.165) is 27.1 Å². The van der Waals surface area contributed by atoms with Gasteiger partial charge in [0.2, 0.25) is 10.0 Å². The van der Waals surface area contributed by atoms with Crippen LogP contribution in [0.4, 0.5) is 0 Å². The van der Waals surface area contributed by atoms with Gasteiger partial charge in [0.25, 0.3) is 0 Å². The molecule has 0 bridgehead atoms. The zero-order valence-corrected chi connectivity index (χ0v) is 19.9. The molecule has 1 N–H and O–H groups in total. The molecular formula is C22H32N2O4S2. The number of sulfonamides is 1. The number of ether oxygens (including phenoxy) is 1. The number of benzene rings is 1. The van der Waals surface area contributed by atoms with Gasteiger partial charge in [-0.25, -0.2) is 8.42 Å². The highest BCUT2D eigenvalue weighted by Crippen LogP contribution is 2.29. The van der Waals surface area contributed by atoms with E-state index >= 15 is 0 Å². The molecule has 0 spiro atoms. The summed E-state index contributed by atoms with van der Waals surface area (Å²) in [5, 5.41) is 12.3. The van der Waals surface area contributed by atoms with Crippen molar-refractivity contribution >= 4 is 21.4 Å². The number of aliphatic hydroxyl groups excluding tert-OH is 1. The molecule has 0 saturated carbocycles. The summed E-state index contributed by atoms with van der Waals surface area (Å²) < 4.78 is 33.9. The van der Waals surface area contributed by atoms with E-state index in [9.17, 15) is 13.5 Å². The molecule has 0 radical (unpaired) electrons. The number of piperazine rings is 1. The molecule has 1 aliphatic heterocycles. The fraction of sp³-hybridized carbons (Fsp3) is 0.545. The van der Waals surface area contributed by atoms with Gasteiger partial charge in [-0.05, 0) is 61.4 Å². The summed E-state index contributed by atoms with van der Waals surface area (Å²) in [5.41, 5.74) is 3.67. The van der Waals surface area contributed by atoms with Gasteiger partial charge in [0.15, 0.2) is 0 Å². The number of aliphatic hydroxyl groups is 1. The van der Waals surface area contributed by atoms with E-state index in [-0.39, 0.29) is 6.61 Å². The zero-order chi connectivity index (χ0) is 21.9. The monoisotopic (exact) mass is 452 g/mol. The fourth-order valence-electron chi connectivity index (χ4n) is 3.89. The van der Waals surface area contributed by atoms with Gasteiger partial charge >= 0.3 is 0 Å². The van der Waals surface area contributed by atoms with Gasteiger partial charge in [0.1, 0.15) is 0 Å². The second-order valence-corrected chi connectivity index (χ2v) is 10.9. The topological polar surface area (TPSA) is 70.1 Å². The molecule has 1 saturated heterocycles. The van der Waals surface area contributed by atoms with Crippen LogP contribution in [-0.4, -0.2) is 68.2 Å². The van der Waals surface area contributed by atoms with Crippen molar-refractivity contribution in [3.05, 3.63) is 50.7 Å². The lowest BCUT2D eigenvalue weighted by atomic mass is 10.0. The minimum atomic E-state index is -3.54. The largest absolute Gasteiger partial charge is 0.389 e. The summed E-state index contributed by atoms with van der Waals surface area (Å²) in [5.74, 6) is 0. The Balaban J connectivity index is 1.55. The molecular weight excluding hydrogens is 420 g/mol. The Bertz CT molecular complexity index is 924.